The molecule has 0 bridgehead atoms. The fourth-order valence-corrected chi connectivity index (χ4v) is 3.16. The van der Waals surface area contributed by atoms with Gasteiger partial charge in [-0.05, 0) is 30.8 Å². The van der Waals surface area contributed by atoms with Crippen molar-refractivity contribution >= 4 is 16.5 Å². The highest BCUT2D eigenvalue weighted by atomic mass is 15.3. The first kappa shape index (κ1) is 14.2. The lowest BCUT2D eigenvalue weighted by molar-refractivity contribution is 0.256. The maximum absolute atomic E-state index is 3.80. The first-order valence-electron chi connectivity index (χ1n) is 7.94. The summed E-state index contributed by atoms with van der Waals surface area (Å²) in [7, 11) is 0. The Morgan fingerprint density at radius 3 is 2.52 bits per heavy atom. The average molecular weight is 280 g/mol. The van der Waals surface area contributed by atoms with Crippen LogP contribution in [-0.2, 0) is 0 Å². The molecule has 2 aromatic carbocycles. The fourth-order valence-electron chi connectivity index (χ4n) is 3.16. The molecular weight excluding hydrogens is 256 g/mol. The van der Waals surface area contributed by atoms with Crippen LogP contribution in [0.15, 0.2) is 55.1 Å². The van der Waals surface area contributed by atoms with Crippen LogP contribution in [0, 0.1) is 0 Å². The molecule has 0 saturated carbocycles. The van der Waals surface area contributed by atoms with Gasteiger partial charge in [-0.25, -0.2) is 0 Å². The zero-order valence-corrected chi connectivity index (χ0v) is 12.7. The number of benzene rings is 2. The first-order valence-corrected chi connectivity index (χ1v) is 7.94. The molecule has 1 aliphatic rings. The molecule has 0 N–H and O–H groups in total. The largest absolute Gasteiger partial charge is 0.368 e. The third-order valence-electron chi connectivity index (χ3n) is 4.36. The van der Waals surface area contributed by atoms with Crippen molar-refractivity contribution < 1.29 is 0 Å². The van der Waals surface area contributed by atoms with Crippen LogP contribution in [0.3, 0.4) is 0 Å². The van der Waals surface area contributed by atoms with Crippen LogP contribution in [0.5, 0.6) is 0 Å². The summed E-state index contributed by atoms with van der Waals surface area (Å²) in [4.78, 5) is 5.11. The monoisotopic (exact) mass is 280 g/mol. The summed E-state index contributed by atoms with van der Waals surface area (Å²) < 4.78 is 0. The van der Waals surface area contributed by atoms with E-state index in [-0.39, 0.29) is 0 Å². The lowest BCUT2D eigenvalue weighted by Crippen LogP contribution is -2.46. The molecule has 0 radical (unpaired) electrons. The Hall–Kier alpha value is -1.80. The number of rotatable bonds is 5. The maximum atomic E-state index is 3.80. The number of piperazine rings is 1. The van der Waals surface area contributed by atoms with Gasteiger partial charge in [-0.3, -0.25) is 4.90 Å². The Labute approximate surface area is 127 Å². The SMILES string of the molecule is C=CCCCN1CCN(c2cccc3ccccc23)CC1. The molecule has 0 spiro atoms. The Bertz CT molecular complexity index is 592. The van der Waals surface area contributed by atoms with Gasteiger partial charge < -0.3 is 4.90 Å². The van der Waals surface area contributed by atoms with E-state index < -0.39 is 0 Å². The van der Waals surface area contributed by atoms with Crippen LogP contribution in [0.2, 0.25) is 0 Å². The molecule has 0 aromatic heterocycles. The Balaban J connectivity index is 1.67. The van der Waals surface area contributed by atoms with Gasteiger partial charge in [-0.2, -0.15) is 0 Å². The lowest BCUT2D eigenvalue weighted by Gasteiger charge is -2.36. The van der Waals surface area contributed by atoms with E-state index in [0.717, 1.165) is 19.5 Å². The summed E-state index contributed by atoms with van der Waals surface area (Å²) in [6.07, 6.45) is 4.38. The molecular formula is C19H24N2. The Kier molecular flexibility index (Phi) is 4.56. The quantitative estimate of drug-likeness (QED) is 0.605. The maximum Gasteiger partial charge on any atom is 0.0446 e. The van der Waals surface area contributed by atoms with Gasteiger partial charge in [0.2, 0.25) is 0 Å². The fraction of sp³-hybridized carbons (Fsp3) is 0.368. The van der Waals surface area contributed by atoms with Crippen molar-refractivity contribution in [2.45, 2.75) is 12.8 Å². The minimum atomic E-state index is 1.13. The topological polar surface area (TPSA) is 6.48 Å². The molecule has 21 heavy (non-hydrogen) atoms. The standard InChI is InChI=1S/C19H24N2/c1-2-3-6-12-20-13-15-21(16-14-20)19-11-7-9-17-8-4-5-10-18(17)19/h2,4-5,7-11H,1,3,6,12-16H2. The van der Waals surface area contributed by atoms with Crippen LogP contribution < -0.4 is 4.90 Å². The van der Waals surface area contributed by atoms with E-state index >= 15 is 0 Å². The van der Waals surface area contributed by atoms with E-state index in [2.05, 4.69) is 58.8 Å². The van der Waals surface area contributed by atoms with Gasteiger partial charge in [0.1, 0.15) is 0 Å². The van der Waals surface area contributed by atoms with Crippen molar-refractivity contribution in [3.63, 3.8) is 0 Å². The first-order chi connectivity index (χ1) is 10.4. The van der Waals surface area contributed by atoms with E-state index in [1.807, 2.05) is 6.08 Å². The zero-order valence-electron chi connectivity index (χ0n) is 12.7. The third-order valence-corrected chi connectivity index (χ3v) is 4.36. The minimum absolute atomic E-state index is 1.13. The molecule has 1 aliphatic heterocycles. The molecule has 0 aliphatic carbocycles. The Morgan fingerprint density at radius 2 is 1.71 bits per heavy atom. The van der Waals surface area contributed by atoms with Crippen molar-refractivity contribution in [2.24, 2.45) is 0 Å². The summed E-state index contributed by atoms with van der Waals surface area (Å²) in [5.41, 5.74) is 1.39. The van der Waals surface area contributed by atoms with E-state index in [0.29, 0.717) is 0 Å². The van der Waals surface area contributed by atoms with Crippen LogP contribution >= 0.6 is 0 Å². The van der Waals surface area contributed by atoms with Gasteiger partial charge in [-0.15, -0.1) is 6.58 Å². The van der Waals surface area contributed by atoms with Gasteiger partial charge in [0, 0.05) is 37.3 Å². The smallest absolute Gasteiger partial charge is 0.0446 e. The molecule has 2 heteroatoms. The highest BCUT2D eigenvalue weighted by molar-refractivity contribution is 5.94. The van der Waals surface area contributed by atoms with E-state index in [1.54, 1.807) is 0 Å². The highest BCUT2D eigenvalue weighted by Gasteiger charge is 2.17. The summed E-state index contributed by atoms with van der Waals surface area (Å²) in [6, 6.07) is 15.3. The Morgan fingerprint density at radius 1 is 0.952 bits per heavy atom. The number of fused-ring (bicyclic) bond motifs is 1. The van der Waals surface area contributed by atoms with Crippen LogP contribution in [0.25, 0.3) is 10.8 Å². The molecule has 0 atom stereocenters. The molecule has 1 heterocycles. The second-order valence-corrected chi connectivity index (χ2v) is 5.76. The number of hydrogen-bond donors (Lipinski definition) is 0. The van der Waals surface area contributed by atoms with Crippen molar-refractivity contribution in [2.75, 3.05) is 37.6 Å². The number of nitrogens with zero attached hydrogens (tertiary/aromatic N) is 2. The summed E-state index contributed by atoms with van der Waals surface area (Å²) in [5, 5.41) is 2.71. The van der Waals surface area contributed by atoms with E-state index in [1.165, 1.54) is 42.5 Å². The van der Waals surface area contributed by atoms with Crippen LogP contribution in [0.1, 0.15) is 12.8 Å². The number of allylic oxidation sites excluding steroid dienone is 1. The minimum Gasteiger partial charge on any atom is -0.368 e. The van der Waals surface area contributed by atoms with Gasteiger partial charge in [0.25, 0.3) is 0 Å². The normalized spacial score (nSPS) is 16.3. The lowest BCUT2D eigenvalue weighted by atomic mass is 10.1. The predicted molar refractivity (Wildman–Crippen MR) is 92.0 cm³/mol. The van der Waals surface area contributed by atoms with E-state index in [9.17, 15) is 0 Å². The number of anilines is 1. The molecule has 110 valence electrons. The van der Waals surface area contributed by atoms with Crippen molar-refractivity contribution in [3.8, 4) is 0 Å². The van der Waals surface area contributed by atoms with Crippen molar-refractivity contribution in [1.82, 2.24) is 4.90 Å². The average Bonchev–Trinajstić information content (AvgIpc) is 2.55. The molecule has 0 unspecified atom stereocenters. The molecule has 1 fully saturated rings. The van der Waals surface area contributed by atoms with Gasteiger partial charge in [0.05, 0.1) is 0 Å². The molecule has 2 aromatic rings. The number of hydrogen-bond acceptors (Lipinski definition) is 2. The predicted octanol–water partition coefficient (Wildman–Crippen LogP) is 3.93. The van der Waals surface area contributed by atoms with Crippen molar-refractivity contribution in [3.05, 3.63) is 55.1 Å². The second kappa shape index (κ2) is 6.77. The van der Waals surface area contributed by atoms with Crippen LogP contribution in [0.4, 0.5) is 5.69 Å². The molecule has 1 saturated heterocycles. The second-order valence-electron chi connectivity index (χ2n) is 5.76. The molecule has 2 nitrogen and oxygen atoms in total. The third kappa shape index (κ3) is 3.27. The summed E-state index contributed by atoms with van der Waals surface area (Å²) in [5.74, 6) is 0. The highest BCUT2D eigenvalue weighted by Crippen LogP contribution is 2.27. The van der Waals surface area contributed by atoms with Crippen molar-refractivity contribution in [1.29, 1.82) is 0 Å². The molecule has 0 amide bonds. The van der Waals surface area contributed by atoms with Crippen LogP contribution in [-0.4, -0.2) is 37.6 Å². The van der Waals surface area contributed by atoms with Gasteiger partial charge in [-0.1, -0.05) is 42.5 Å². The summed E-state index contributed by atoms with van der Waals surface area (Å²) >= 11 is 0. The molecule has 3 rings (SSSR count). The van der Waals surface area contributed by atoms with E-state index in [4.69, 9.17) is 0 Å². The van der Waals surface area contributed by atoms with Gasteiger partial charge >= 0.3 is 0 Å². The number of unbranched alkanes of at least 4 members (excludes halogenated alkanes) is 1. The summed E-state index contributed by atoms with van der Waals surface area (Å²) in [6.45, 7) is 9.59. The van der Waals surface area contributed by atoms with Gasteiger partial charge in [0.15, 0.2) is 0 Å². The zero-order chi connectivity index (χ0) is 14.5.